The van der Waals surface area contributed by atoms with Gasteiger partial charge in [-0.2, -0.15) is 23.3 Å². The molecule has 1 aliphatic rings. The molecule has 2 aromatic heterocycles. The van der Waals surface area contributed by atoms with E-state index >= 15 is 0 Å². The van der Waals surface area contributed by atoms with Crippen LogP contribution in [0.4, 0.5) is 19.1 Å². The minimum absolute atomic E-state index is 0.0290. The number of nitrogens with zero attached hydrogens (tertiary/aromatic N) is 4. The number of aromatic nitrogens is 4. The molecule has 0 bridgehead atoms. The first-order valence-corrected chi connectivity index (χ1v) is 11.9. The highest BCUT2D eigenvalue weighted by Crippen LogP contribution is 2.41. The Morgan fingerprint density at radius 3 is 2.46 bits per heavy atom. The Kier molecular flexibility index (Phi) is 6.25. The summed E-state index contributed by atoms with van der Waals surface area (Å²) in [7, 11) is 0. The van der Waals surface area contributed by atoms with Crippen molar-refractivity contribution in [1.82, 2.24) is 20.2 Å². The maximum atomic E-state index is 13.6. The minimum Gasteiger partial charge on any atom is -0.476 e. The number of alkyl halides is 3. The molecule has 1 saturated heterocycles. The average molecular weight is 551 g/mol. The number of halogens is 5. The van der Waals surface area contributed by atoms with Gasteiger partial charge in [-0.3, -0.25) is 5.10 Å². The predicted molar refractivity (Wildman–Crippen MR) is 133 cm³/mol. The number of nitrogens with one attached hydrogen (secondary N) is 1. The quantitative estimate of drug-likeness (QED) is 0.306. The van der Waals surface area contributed by atoms with Gasteiger partial charge in [0.25, 0.3) is 0 Å². The van der Waals surface area contributed by atoms with E-state index in [4.69, 9.17) is 28.9 Å². The zero-order valence-corrected chi connectivity index (χ0v) is 20.5. The van der Waals surface area contributed by atoms with Crippen LogP contribution >= 0.6 is 23.2 Å². The van der Waals surface area contributed by atoms with E-state index in [9.17, 15) is 23.1 Å². The monoisotopic (exact) mass is 550 g/mol. The minimum atomic E-state index is -4.53. The Hall–Kier alpha value is -3.41. The van der Waals surface area contributed by atoms with Gasteiger partial charge in [0.2, 0.25) is 5.95 Å². The maximum Gasteiger partial charge on any atom is 0.416 e. The van der Waals surface area contributed by atoms with Crippen molar-refractivity contribution in [2.75, 3.05) is 18.0 Å². The number of carboxylic acid groups (broad SMARTS) is 1. The molecule has 37 heavy (non-hydrogen) atoms. The summed E-state index contributed by atoms with van der Waals surface area (Å²) in [6.45, 7) is 0.433. The van der Waals surface area contributed by atoms with E-state index in [-0.39, 0.29) is 69.9 Å². The summed E-state index contributed by atoms with van der Waals surface area (Å²) >= 11 is 12.4. The standard InChI is InChI=1S/C24H19Cl2F3N6O2/c25-15-7-3-4-12(17(15)26)18-16-19(21(36)37)31-22(32-20(16)34-33-18)35-10-8-23(30,9-11-35)13-5-1-2-6-14(13)24(27,28)29/h1-7H,8-11,30H2,(H,36,37)(H,31,32,33,34). The van der Waals surface area contributed by atoms with Crippen molar-refractivity contribution in [3.8, 4) is 11.3 Å². The molecule has 0 radical (unpaired) electrons. The van der Waals surface area contributed by atoms with Gasteiger partial charge < -0.3 is 15.7 Å². The van der Waals surface area contributed by atoms with Crippen LogP contribution in [0.15, 0.2) is 42.5 Å². The van der Waals surface area contributed by atoms with Gasteiger partial charge in [0, 0.05) is 24.2 Å². The number of aromatic carboxylic acids is 1. The van der Waals surface area contributed by atoms with Gasteiger partial charge in [-0.15, -0.1) is 0 Å². The fourth-order valence-electron chi connectivity index (χ4n) is 4.64. The zero-order chi connectivity index (χ0) is 26.5. The fourth-order valence-corrected chi connectivity index (χ4v) is 5.03. The summed E-state index contributed by atoms with van der Waals surface area (Å²) in [5, 5.41) is 17.5. The topological polar surface area (TPSA) is 121 Å². The van der Waals surface area contributed by atoms with Crippen molar-refractivity contribution in [2.45, 2.75) is 24.6 Å². The van der Waals surface area contributed by atoms with Crippen LogP contribution in [0, 0.1) is 0 Å². The molecule has 0 unspecified atom stereocenters. The van der Waals surface area contributed by atoms with Crippen LogP contribution < -0.4 is 10.6 Å². The number of aromatic amines is 1. The molecule has 4 aromatic rings. The van der Waals surface area contributed by atoms with E-state index in [1.807, 2.05) is 0 Å². The molecule has 8 nitrogen and oxygen atoms in total. The Morgan fingerprint density at radius 1 is 1.08 bits per heavy atom. The van der Waals surface area contributed by atoms with Gasteiger partial charge in [-0.25, -0.2) is 9.78 Å². The third kappa shape index (κ3) is 4.47. The number of H-pyrrole nitrogens is 1. The Morgan fingerprint density at radius 2 is 1.78 bits per heavy atom. The smallest absolute Gasteiger partial charge is 0.416 e. The molecule has 5 rings (SSSR count). The lowest BCUT2D eigenvalue weighted by molar-refractivity contribution is -0.138. The van der Waals surface area contributed by atoms with Crippen LogP contribution in [-0.4, -0.2) is 44.3 Å². The third-order valence-electron chi connectivity index (χ3n) is 6.52. The van der Waals surface area contributed by atoms with Gasteiger partial charge in [0.05, 0.1) is 21.0 Å². The van der Waals surface area contributed by atoms with Crippen LogP contribution in [-0.2, 0) is 11.7 Å². The van der Waals surface area contributed by atoms with Crippen molar-refractivity contribution in [1.29, 1.82) is 0 Å². The van der Waals surface area contributed by atoms with Crippen molar-refractivity contribution < 1.29 is 23.1 Å². The van der Waals surface area contributed by atoms with Crippen LogP contribution in [0.3, 0.4) is 0 Å². The van der Waals surface area contributed by atoms with Crippen molar-refractivity contribution in [3.63, 3.8) is 0 Å². The number of rotatable bonds is 4. The molecule has 0 aliphatic carbocycles. The van der Waals surface area contributed by atoms with Crippen LogP contribution in [0.2, 0.25) is 10.0 Å². The predicted octanol–water partition coefficient (Wildman–Crippen LogP) is 5.50. The number of fused-ring (bicyclic) bond motifs is 1. The normalized spacial score (nSPS) is 15.8. The SMILES string of the molecule is NC1(c2ccccc2C(F)(F)F)CCN(c2nc(C(=O)O)c3c(-c4cccc(Cl)c4Cl)n[nH]c3n2)CC1. The first-order valence-electron chi connectivity index (χ1n) is 11.1. The number of carbonyl (C=O) groups is 1. The first-order chi connectivity index (χ1) is 17.5. The second-order valence-electron chi connectivity index (χ2n) is 8.76. The van der Waals surface area contributed by atoms with E-state index < -0.39 is 23.2 Å². The van der Waals surface area contributed by atoms with Gasteiger partial charge in [-0.05, 0) is 30.5 Å². The van der Waals surface area contributed by atoms with E-state index in [2.05, 4.69) is 20.2 Å². The van der Waals surface area contributed by atoms with Gasteiger partial charge in [0.15, 0.2) is 11.3 Å². The highest BCUT2D eigenvalue weighted by atomic mass is 35.5. The van der Waals surface area contributed by atoms with Crippen molar-refractivity contribution in [2.24, 2.45) is 5.73 Å². The molecular formula is C24H19Cl2F3N6O2. The third-order valence-corrected chi connectivity index (χ3v) is 7.34. The number of hydrogen-bond acceptors (Lipinski definition) is 6. The molecular weight excluding hydrogens is 532 g/mol. The zero-order valence-electron chi connectivity index (χ0n) is 19.0. The van der Waals surface area contributed by atoms with Crippen molar-refractivity contribution >= 4 is 46.2 Å². The molecule has 0 amide bonds. The lowest BCUT2D eigenvalue weighted by atomic mass is 9.79. The molecule has 13 heteroatoms. The summed E-state index contributed by atoms with van der Waals surface area (Å²) in [6.07, 6.45) is -4.18. The summed E-state index contributed by atoms with van der Waals surface area (Å²) in [5.74, 6) is -1.21. The molecule has 1 aliphatic heterocycles. The number of hydrogen-bond donors (Lipinski definition) is 3. The molecule has 1 fully saturated rings. The lowest BCUT2D eigenvalue weighted by Crippen LogP contribution is -2.49. The van der Waals surface area contributed by atoms with Crippen LogP contribution in [0.1, 0.15) is 34.5 Å². The van der Waals surface area contributed by atoms with E-state index in [0.717, 1.165) is 6.07 Å². The largest absolute Gasteiger partial charge is 0.476 e. The molecule has 4 N–H and O–H groups in total. The second kappa shape index (κ2) is 9.16. The summed E-state index contributed by atoms with van der Waals surface area (Å²) < 4.78 is 40.8. The van der Waals surface area contributed by atoms with Crippen molar-refractivity contribution in [3.05, 3.63) is 69.3 Å². The van der Waals surface area contributed by atoms with E-state index in [1.165, 1.54) is 18.2 Å². The van der Waals surface area contributed by atoms with E-state index in [1.54, 1.807) is 23.1 Å². The number of carboxylic acids is 1. The maximum absolute atomic E-state index is 13.6. The number of benzene rings is 2. The number of nitrogens with two attached hydrogens (primary N) is 1. The lowest BCUT2D eigenvalue weighted by Gasteiger charge is -2.40. The Balaban J connectivity index is 1.49. The molecule has 192 valence electrons. The Bertz CT molecular complexity index is 1520. The molecule has 0 atom stereocenters. The summed E-state index contributed by atoms with van der Waals surface area (Å²) in [4.78, 5) is 22.6. The molecule has 0 spiro atoms. The van der Waals surface area contributed by atoms with Gasteiger partial charge >= 0.3 is 12.1 Å². The molecule has 2 aromatic carbocycles. The molecule has 0 saturated carbocycles. The highest BCUT2D eigenvalue weighted by Gasteiger charge is 2.41. The summed E-state index contributed by atoms with van der Waals surface area (Å²) in [5.41, 5.74) is 5.04. The summed E-state index contributed by atoms with van der Waals surface area (Å²) in [6, 6.07) is 10.2. The van der Waals surface area contributed by atoms with Gasteiger partial charge in [-0.1, -0.05) is 53.5 Å². The van der Waals surface area contributed by atoms with Crippen LogP contribution in [0.25, 0.3) is 22.3 Å². The number of piperidine rings is 1. The number of anilines is 1. The highest BCUT2D eigenvalue weighted by molar-refractivity contribution is 6.43. The Labute approximate surface area is 218 Å². The van der Waals surface area contributed by atoms with Crippen LogP contribution in [0.5, 0.6) is 0 Å². The average Bonchev–Trinajstić information content (AvgIpc) is 3.29. The first kappa shape index (κ1) is 25.2. The fraction of sp³-hybridized carbons (Fsp3) is 0.250. The van der Waals surface area contributed by atoms with Gasteiger partial charge in [0.1, 0.15) is 5.69 Å². The molecule has 3 heterocycles. The second-order valence-corrected chi connectivity index (χ2v) is 9.55. The van der Waals surface area contributed by atoms with E-state index in [0.29, 0.717) is 5.56 Å².